The van der Waals surface area contributed by atoms with Crippen LogP contribution in [0.4, 0.5) is 0 Å². The number of rotatable bonds is 0. The van der Waals surface area contributed by atoms with E-state index >= 15 is 0 Å². The van der Waals surface area contributed by atoms with Crippen LogP contribution >= 0.6 is 0 Å². The molecule has 7 heteroatoms. The molecule has 0 bridgehead atoms. The van der Waals surface area contributed by atoms with Gasteiger partial charge in [-0.15, -0.1) is 6.42 Å². The molecule has 0 saturated carbocycles. The van der Waals surface area contributed by atoms with Gasteiger partial charge in [0.2, 0.25) is 0 Å². The van der Waals surface area contributed by atoms with Gasteiger partial charge in [0, 0.05) is 21.1 Å². The van der Waals surface area contributed by atoms with E-state index in [1.807, 2.05) is 52.9 Å². The van der Waals surface area contributed by atoms with Crippen LogP contribution in [0, 0.1) is 6.08 Å². The summed E-state index contributed by atoms with van der Waals surface area (Å²) in [6, 6.07) is 0. The van der Waals surface area contributed by atoms with Crippen LogP contribution in [-0.2, 0) is 49.8 Å². The van der Waals surface area contributed by atoms with Gasteiger partial charge in [-0.2, -0.15) is 6.08 Å². The molecule has 104 valence electrons. The minimum absolute atomic E-state index is 0. The molecule has 0 aromatic rings. The first-order valence-corrected chi connectivity index (χ1v) is 3.45. The normalized spacial score (nSPS) is 6.22. The van der Waals surface area contributed by atoms with Crippen molar-refractivity contribution in [2.75, 3.05) is 0 Å². The maximum absolute atomic E-state index is 8.00. The van der Waals surface area contributed by atoms with E-state index in [-0.39, 0.29) is 21.1 Å². The van der Waals surface area contributed by atoms with E-state index in [2.05, 4.69) is 12.2 Å². The maximum Gasteiger partial charge on any atom is 0.106 e. The van der Waals surface area contributed by atoms with Crippen LogP contribution in [0.15, 0.2) is 18.2 Å². The molecule has 0 spiro atoms. The molecule has 0 atom stereocenters. The van der Waals surface area contributed by atoms with E-state index in [9.17, 15) is 0 Å². The number of carbonyl (C=O) groups is 6. The largest absolute Gasteiger partial charge is 0.307 e. The summed E-state index contributed by atoms with van der Waals surface area (Å²) in [6.07, 6.45) is 10.0. The molecule has 0 aliphatic heterocycles. The van der Waals surface area contributed by atoms with Gasteiger partial charge in [-0.3, -0.25) is 6.08 Å². The van der Waals surface area contributed by atoms with Crippen LogP contribution in [0.5, 0.6) is 0 Å². The van der Waals surface area contributed by atoms with Gasteiger partial charge >= 0.3 is 0 Å². The van der Waals surface area contributed by atoms with E-state index in [4.69, 9.17) is 28.8 Å². The summed E-state index contributed by atoms with van der Waals surface area (Å²) in [5, 5.41) is 0. The molecule has 1 aliphatic rings. The third kappa shape index (κ3) is 243. The van der Waals surface area contributed by atoms with Gasteiger partial charge in [0.1, 0.15) is 40.7 Å². The zero-order valence-corrected chi connectivity index (χ0v) is 12.0. The topological polar surface area (TPSA) is 102 Å². The third-order valence-electron chi connectivity index (χ3n) is 0.586. The second kappa shape index (κ2) is 301. The van der Waals surface area contributed by atoms with Crippen LogP contribution in [0.3, 0.4) is 0 Å². The van der Waals surface area contributed by atoms with Gasteiger partial charge in [0.05, 0.1) is 0 Å². The van der Waals surface area contributed by atoms with Gasteiger partial charge in [-0.25, -0.2) is 12.2 Å². The van der Waals surface area contributed by atoms with Crippen molar-refractivity contribution in [2.24, 2.45) is 0 Å². The Morgan fingerprint density at radius 3 is 1.00 bits per heavy atom. The predicted molar refractivity (Wildman–Crippen MR) is 64.3 cm³/mol. The summed E-state index contributed by atoms with van der Waals surface area (Å²) < 4.78 is 0. The standard InChI is InChI=1S/C5H5.6CH2O.Mo/c1-2-4-5-3-1;6*1-2;/h1-3H,4H2;6*1H2;/q-1;;;;;;;. The molecule has 0 radical (unpaired) electrons. The van der Waals surface area contributed by atoms with Gasteiger partial charge in [-0.1, -0.05) is 0 Å². The number of carbonyl (C=O) groups excluding carboxylic acids is 6. The second-order valence-corrected chi connectivity index (χ2v) is 1.00. The van der Waals surface area contributed by atoms with Crippen molar-refractivity contribution < 1.29 is 49.8 Å². The molecule has 0 unspecified atom stereocenters. The predicted octanol–water partition coefficient (Wildman–Crippen LogP) is 0.194. The smallest absolute Gasteiger partial charge is 0.106 e. The first kappa shape index (κ1) is 44.2. The number of allylic oxidation sites excluding steroid dienone is 4. The molecule has 0 N–H and O–H groups in total. The fourth-order valence-electron chi connectivity index (χ4n) is 0.340. The minimum atomic E-state index is 0. The quantitative estimate of drug-likeness (QED) is 0.460. The first-order valence-electron chi connectivity index (χ1n) is 3.45. The Kier molecular flexibility index (Phi) is 739. The Morgan fingerprint density at radius 2 is 0.944 bits per heavy atom. The van der Waals surface area contributed by atoms with Crippen molar-refractivity contribution in [3.8, 4) is 0 Å². The Bertz CT molecular complexity index is 127. The molecule has 0 heterocycles. The van der Waals surface area contributed by atoms with Gasteiger partial charge in [-0.05, 0) is 0 Å². The number of hydrogen-bond donors (Lipinski definition) is 0. The molecule has 18 heavy (non-hydrogen) atoms. The monoisotopic (exact) mass is 343 g/mol. The van der Waals surface area contributed by atoms with E-state index in [1.165, 1.54) is 0 Å². The average molecular weight is 341 g/mol. The minimum Gasteiger partial charge on any atom is -0.307 e. The fraction of sp³-hybridized carbons (Fsp3) is 0.0909. The van der Waals surface area contributed by atoms with Crippen LogP contribution in [0.1, 0.15) is 6.42 Å². The van der Waals surface area contributed by atoms with Crippen LogP contribution in [-0.4, -0.2) is 40.7 Å². The molecule has 1 aliphatic carbocycles. The summed E-state index contributed by atoms with van der Waals surface area (Å²) in [5.41, 5.74) is 0. The zero-order chi connectivity index (χ0) is 15.5. The second-order valence-electron chi connectivity index (χ2n) is 1.00. The fourth-order valence-corrected chi connectivity index (χ4v) is 0.340. The van der Waals surface area contributed by atoms with Crippen molar-refractivity contribution in [1.29, 1.82) is 0 Å². The average Bonchev–Trinajstić information content (AvgIpc) is 3.10. The Morgan fingerprint density at radius 1 is 0.667 bits per heavy atom. The summed E-state index contributed by atoms with van der Waals surface area (Å²) in [7, 11) is 0. The summed E-state index contributed by atoms with van der Waals surface area (Å²) in [6.45, 7) is 12.0. The zero-order valence-electron chi connectivity index (χ0n) is 10.0. The van der Waals surface area contributed by atoms with Crippen LogP contribution < -0.4 is 0 Å². The van der Waals surface area contributed by atoms with E-state index in [0.29, 0.717) is 0 Å². The van der Waals surface area contributed by atoms with E-state index in [1.54, 1.807) is 0 Å². The van der Waals surface area contributed by atoms with Gasteiger partial charge in [0.15, 0.2) is 0 Å². The Hall–Kier alpha value is -1.81. The molecule has 0 fully saturated rings. The number of hydrogen-bond acceptors (Lipinski definition) is 6. The maximum atomic E-state index is 8.00. The van der Waals surface area contributed by atoms with Gasteiger partial charge in [0.25, 0.3) is 0 Å². The Balaban J connectivity index is -0.0000000167. The SMILES string of the molecule is C=O.C=O.C=O.C=O.C=O.C=O.[C-]1=CC=CC1.[Mo]. The molecular weight excluding hydrogens is 324 g/mol. The molecule has 1 rings (SSSR count). The summed E-state index contributed by atoms with van der Waals surface area (Å²) >= 11 is 0. The van der Waals surface area contributed by atoms with E-state index in [0.717, 1.165) is 6.42 Å². The van der Waals surface area contributed by atoms with Crippen LogP contribution in [0.2, 0.25) is 0 Å². The van der Waals surface area contributed by atoms with Crippen molar-refractivity contribution >= 4 is 40.7 Å². The van der Waals surface area contributed by atoms with Crippen molar-refractivity contribution in [2.45, 2.75) is 6.42 Å². The van der Waals surface area contributed by atoms with E-state index < -0.39 is 0 Å². The summed E-state index contributed by atoms with van der Waals surface area (Å²) in [5.74, 6) is 0. The summed E-state index contributed by atoms with van der Waals surface area (Å²) in [4.78, 5) is 48.0. The van der Waals surface area contributed by atoms with Crippen molar-refractivity contribution in [3.63, 3.8) is 0 Å². The van der Waals surface area contributed by atoms with Crippen molar-refractivity contribution in [1.82, 2.24) is 0 Å². The molecule has 0 saturated heterocycles. The molecule has 6 nitrogen and oxygen atoms in total. The van der Waals surface area contributed by atoms with Crippen molar-refractivity contribution in [3.05, 3.63) is 24.3 Å². The first-order chi connectivity index (χ1) is 8.50. The van der Waals surface area contributed by atoms with Crippen LogP contribution in [0.25, 0.3) is 0 Å². The molecule has 0 aromatic heterocycles. The molecule has 0 amide bonds. The third-order valence-corrected chi connectivity index (χ3v) is 0.586. The van der Waals surface area contributed by atoms with Gasteiger partial charge < -0.3 is 28.8 Å². The molecular formula is C11H17MoO6-. The molecule has 0 aromatic carbocycles. The Labute approximate surface area is 121 Å².